The Hall–Kier alpha value is -1.07. The third-order valence-electron chi connectivity index (χ3n) is 3.04. The number of thiazole rings is 1. The van der Waals surface area contributed by atoms with Crippen molar-refractivity contribution >= 4 is 39.2 Å². The molecule has 102 valence electrons. The quantitative estimate of drug-likeness (QED) is 0.920. The average molecular weight is 294 g/mol. The molecule has 5 heteroatoms. The highest BCUT2D eigenvalue weighted by Crippen LogP contribution is 2.26. The lowest BCUT2D eigenvalue weighted by Crippen LogP contribution is -2.33. The zero-order valence-electron chi connectivity index (χ0n) is 11.3. The Kier molecular flexibility index (Phi) is 4.82. The van der Waals surface area contributed by atoms with Crippen LogP contribution in [0.25, 0.3) is 10.2 Å². The SMILES string of the molecule is CSC(C)C(=O)NCC(C)c1nc2ccccc2s1. The molecule has 1 amide bonds. The molecule has 2 aromatic rings. The van der Waals surface area contributed by atoms with E-state index in [1.807, 2.05) is 31.4 Å². The zero-order valence-corrected chi connectivity index (χ0v) is 13.0. The highest BCUT2D eigenvalue weighted by molar-refractivity contribution is 7.99. The molecule has 2 unspecified atom stereocenters. The number of para-hydroxylation sites is 1. The molecule has 1 N–H and O–H groups in total. The topological polar surface area (TPSA) is 42.0 Å². The van der Waals surface area contributed by atoms with Crippen molar-refractivity contribution in [3.8, 4) is 0 Å². The van der Waals surface area contributed by atoms with Gasteiger partial charge in [-0.3, -0.25) is 4.79 Å². The Bertz CT molecular complexity index is 534. The monoisotopic (exact) mass is 294 g/mol. The lowest BCUT2D eigenvalue weighted by atomic mass is 10.2. The Labute approximate surface area is 121 Å². The molecule has 0 saturated carbocycles. The summed E-state index contributed by atoms with van der Waals surface area (Å²) >= 11 is 3.26. The van der Waals surface area contributed by atoms with E-state index in [1.165, 1.54) is 4.70 Å². The first-order valence-electron chi connectivity index (χ1n) is 6.27. The first-order valence-corrected chi connectivity index (χ1v) is 8.38. The van der Waals surface area contributed by atoms with Crippen molar-refractivity contribution in [2.45, 2.75) is 25.0 Å². The predicted molar refractivity (Wildman–Crippen MR) is 84.0 cm³/mol. The minimum absolute atomic E-state index is 0.00238. The second kappa shape index (κ2) is 6.39. The van der Waals surface area contributed by atoms with Crippen molar-refractivity contribution in [3.63, 3.8) is 0 Å². The fraction of sp³-hybridized carbons (Fsp3) is 0.429. The van der Waals surface area contributed by atoms with Gasteiger partial charge in [-0.15, -0.1) is 11.3 Å². The number of nitrogens with zero attached hydrogens (tertiary/aromatic N) is 1. The summed E-state index contributed by atoms with van der Waals surface area (Å²) in [5.41, 5.74) is 1.04. The van der Waals surface area contributed by atoms with E-state index in [0.717, 1.165) is 10.5 Å². The van der Waals surface area contributed by atoms with E-state index in [1.54, 1.807) is 23.1 Å². The lowest BCUT2D eigenvalue weighted by molar-refractivity contribution is -0.120. The van der Waals surface area contributed by atoms with Gasteiger partial charge in [-0.2, -0.15) is 11.8 Å². The molecule has 0 aliphatic rings. The van der Waals surface area contributed by atoms with Gasteiger partial charge in [-0.1, -0.05) is 19.1 Å². The largest absolute Gasteiger partial charge is 0.354 e. The van der Waals surface area contributed by atoms with Crippen molar-refractivity contribution in [1.29, 1.82) is 0 Å². The molecule has 0 aliphatic carbocycles. The van der Waals surface area contributed by atoms with Crippen LogP contribution >= 0.6 is 23.1 Å². The Morgan fingerprint density at radius 3 is 2.84 bits per heavy atom. The van der Waals surface area contributed by atoms with Crippen molar-refractivity contribution in [1.82, 2.24) is 10.3 Å². The smallest absolute Gasteiger partial charge is 0.232 e. The molecule has 0 fully saturated rings. The van der Waals surface area contributed by atoms with Crippen LogP contribution < -0.4 is 5.32 Å². The van der Waals surface area contributed by atoms with Crippen LogP contribution in [0.15, 0.2) is 24.3 Å². The number of nitrogens with one attached hydrogen (secondary N) is 1. The maximum absolute atomic E-state index is 11.7. The van der Waals surface area contributed by atoms with Crippen LogP contribution in [0.4, 0.5) is 0 Å². The number of thioether (sulfide) groups is 1. The summed E-state index contributed by atoms with van der Waals surface area (Å²) in [5.74, 6) is 0.343. The van der Waals surface area contributed by atoms with Crippen LogP contribution in [-0.2, 0) is 4.79 Å². The van der Waals surface area contributed by atoms with Gasteiger partial charge in [0.25, 0.3) is 0 Å². The molecule has 1 aromatic carbocycles. The van der Waals surface area contributed by atoms with Crippen LogP contribution in [0, 0.1) is 0 Å². The maximum Gasteiger partial charge on any atom is 0.232 e. The summed E-state index contributed by atoms with van der Waals surface area (Å²) in [6.45, 7) is 4.66. The summed E-state index contributed by atoms with van der Waals surface area (Å²) in [4.78, 5) is 16.4. The molecule has 2 atom stereocenters. The van der Waals surface area contributed by atoms with Gasteiger partial charge >= 0.3 is 0 Å². The number of carbonyl (C=O) groups excluding carboxylic acids is 1. The fourth-order valence-electron chi connectivity index (χ4n) is 1.69. The number of hydrogen-bond acceptors (Lipinski definition) is 4. The molecule has 0 saturated heterocycles. The van der Waals surface area contributed by atoms with Crippen LogP contribution in [0.3, 0.4) is 0 Å². The minimum Gasteiger partial charge on any atom is -0.354 e. The molecule has 1 heterocycles. The predicted octanol–water partition coefficient (Wildman–Crippen LogP) is 3.27. The number of hydrogen-bond donors (Lipinski definition) is 1. The molecule has 0 spiro atoms. The first-order chi connectivity index (χ1) is 9.11. The molecule has 1 aromatic heterocycles. The Morgan fingerprint density at radius 1 is 1.42 bits per heavy atom. The van der Waals surface area contributed by atoms with E-state index < -0.39 is 0 Å². The van der Waals surface area contributed by atoms with Gasteiger partial charge in [0.05, 0.1) is 20.5 Å². The highest BCUT2D eigenvalue weighted by Gasteiger charge is 2.15. The van der Waals surface area contributed by atoms with Crippen molar-refractivity contribution < 1.29 is 4.79 Å². The third-order valence-corrected chi connectivity index (χ3v) is 5.23. The van der Waals surface area contributed by atoms with Crippen molar-refractivity contribution in [2.24, 2.45) is 0 Å². The number of fused-ring (bicyclic) bond motifs is 1. The molecular weight excluding hydrogens is 276 g/mol. The number of aromatic nitrogens is 1. The third kappa shape index (κ3) is 3.48. The second-order valence-corrected chi connectivity index (χ2v) is 6.78. The number of benzene rings is 1. The Morgan fingerprint density at radius 2 is 2.16 bits per heavy atom. The summed E-state index contributed by atoms with van der Waals surface area (Å²) in [5, 5.41) is 4.07. The van der Waals surface area contributed by atoms with Gasteiger partial charge in [0.15, 0.2) is 0 Å². The summed E-state index contributed by atoms with van der Waals surface area (Å²) < 4.78 is 1.20. The highest BCUT2D eigenvalue weighted by atomic mass is 32.2. The van der Waals surface area contributed by atoms with Crippen molar-refractivity contribution in [3.05, 3.63) is 29.3 Å². The molecular formula is C14H18N2OS2. The van der Waals surface area contributed by atoms with Gasteiger partial charge < -0.3 is 5.32 Å². The molecule has 2 rings (SSSR count). The normalized spacial score (nSPS) is 14.3. The summed E-state index contributed by atoms with van der Waals surface area (Å²) in [6, 6.07) is 8.13. The van der Waals surface area contributed by atoms with E-state index in [4.69, 9.17) is 0 Å². The zero-order chi connectivity index (χ0) is 13.8. The van der Waals surface area contributed by atoms with E-state index in [9.17, 15) is 4.79 Å². The summed E-state index contributed by atoms with van der Waals surface area (Å²) in [7, 11) is 0. The van der Waals surface area contributed by atoms with Crippen molar-refractivity contribution in [2.75, 3.05) is 12.8 Å². The van der Waals surface area contributed by atoms with Gasteiger partial charge in [-0.25, -0.2) is 4.98 Å². The number of rotatable bonds is 5. The maximum atomic E-state index is 11.7. The van der Waals surface area contributed by atoms with Crippen LogP contribution in [0.2, 0.25) is 0 Å². The van der Waals surface area contributed by atoms with Gasteiger partial charge in [-0.05, 0) is 25.3 Å². The minimum atomic E-state index is 0.00238. The van der Waals surface area contributed by atoms with Crippen LogP contribution in [0.5, 0.6) is 0 Å². The molecule has 3 nitrogen and oxygen atoms in total. The first kappa shape index (κ1) is 14.3. The molecule has 19 heavy (non-hydrogen) atoms. The molecule has 0 bridgehead atoms. The van der Waals surface area contributed by atoms with E-state index >= 15 is 0 Å². The Balaban J connectivity index is 2.00. The van der Waals surface area contributed by atoms with E-state index in [-0.39, 0.29) is 17.1 Å². The number of amides is 1. The average Bonchev–Trinajstić information content (AvgIpc) is 2.87. The van der Waals surface area contributed by atoms with Gasteiger partial charge in [0.1, 0.15) is 0 Å². The standard InChI is InChI=1S/C14H18N2OS2/c1-9(8-15-13(17)10(2)18-3)14-16-11-6-4-5-7-12(11)19-14/h4-7,9-10H,8H2,1-3H3,(H,15,17). The number of carbonyl (C=O) groups is 1. The van der Waals surface area contributed by atoms with E-state index in [0.29, 0.717) is 6.54 Å². The van der Waals surface area contributed by atoms with Gasteiger partial charge in [0.2, 0.25) is 5.91 Å². The second-order valence-electron chi connectivity index (χ2n) is 4.54. The van der Waals surface area contributed by atoms with Crippen LogP contribution in [-0.4, -0.2) is 28.9 Å². The lowest BCUT2D eigenvalue weighted by Gasteiger charge is -2.12. The fourth-order valence-corrected chi connectivity index (χ4v) is 3.01. The molecule has 0 aliphatic heterocycles. The van der Waals surface area contributed by atoms with E-state index in [2.05, 4.69) is 23.3 Å². The van der Waals surface area contributed by atoms with Gasteiger partial charge in [0, 0.05) is 12.5 Å². The molecule has 0 radical (unpaired) electrons. The summed E-state index contributed by atoms with van der Waals surface area (Å²) in [6.07, 6.45) is 1.95. The van der Waals surface area contributed by atoms with Crippen LogP contribution in [0.1, 0.15) is 24.8 Å².